The molecule has 3 aromatic rings. The summed E-state index contributed by atoms with van der Waals surface area (Å²) in [6.07, 6.45) is 5.23. The van der Waals surface area contributed by atoms with Crippen LogP contribution in [-0.2, 0) is 16.4 Å². The monoisotopic (exact) mass is 480 g/mol. The van der Waals surface area contributed by atoms with E-state index in [-0.39, 0.29) is 11.9 Å². The van der Waals surface area contributed by atoms with E-state index >= 15 is 0 Å². The molecule has 1 aromatic heterocycles. The first-order valence-corrected chi connectivity index (χ1v) is 12.9. The molecule has 6 nitrogen and oxygen atoms in total. The van der Waals surface area contributed by atoms with Crippen molar-refractivity contribution in [2.75, 3.05) is 27.2 Å². The molecule has 178 valence electrons. The molecule has 0 spiro atoms. The summed E-state index contributed by atoms with van der Waals surface area (Å²) in [7, 11) is 0.322. The normalized spacial score (nSPS) is 21.6. The van der Waals surface area contributed by atoms with Crippen LogP contribution in [0.2, 0.25) is 0 Å². The fourth-order valence-corrected chi connectivity index (χ4v) is 7.17. The summed E-state index contributed by atoms with van der Waals surface area (Å²) in [5.41, 5.74) is 4.70. The maximum absolute atomic E-state index is 13.8. The lowest BCUT2D eigenvalue weighted by molar-refractivity contribution is 0.0881. The van der Waals surface area contributed by atoms with Crippen molar-refractivity contribution in [3.05, 3.63) is 88.5 Å². The summed E-state index contributed by atoms with van der Waals surface area (Å²) in [5, 5.41) is 7.31. The zero-order chi connectivity index (χ0) is 24.1. The van der Waals surface area contributed by atoms with Crippen molar-refractivity contribution in [3.8, 4) is 0 Å². The lowest BCUT2D eigenvalue weighted by Gasteiger charge is -2.52. The maximum Gasteiger partial charge on any atom is 0.243 e. The van der Waals surface area contributed by atoms with Crippen LogP contribution in [0.4, 0.5) is 4.39 Å². The highest BCUT2D eigenvalue weighted by molar-refractivity contribution is 7.89. The average molecular weight is 481 g/mol. The van der Waals surface area contributed by atoms with Crippen molar-refractivity contribution >= 4 is 16.1 Å². The number of aromatic amines is 1. The summed E-state index contributed by atoms with van der Waals surface area (Å²) < 4.78 is 42.8. The third kappa shape index (κ3) is 3.79. The number of H-pyrrole nitrogens is 1. The van der Waals surface area contributed by atoms with Gasteiger partial charge in [0.25, 0.3) is 0 Å². The zero-order valence-corrected chi connectivity index (χ0v) is 20.4. The highest BCUT2D eigenvalue weighted by atomic mass is 32.2. The molecule has 34 heavy (non-hydrogen) atoms. The molecule has 0 radical (unpaired) electrons. The topological polar surface area (TPSA) is 69.3 Å². The van der Waals surface area contributed by atoms with Gasteiger partial charge in [0.15, 0.2) is 0 Å². The number of fused-ring (bicyclic) bond motifs is 2. The van der Waals surface area contributed by atoms with Gasteiger partial charge in [0.1, 0.15) is 5.82 Å². The Morgan fingerprint density at radius 3 is 2.50 bits per heavy atom. The van der Waals surface area contributed by atoms with Crippen LogP contribution in [0.1, 0.15) is 34.8 Å². The van der Waals surface area contributed by atoms with Gasteiger partial charge in [-0.1, -0.05) is 35.4 Å². The Kier molecular flexibility index (Phi) is 5.70. The molecule has 1 aliphatic heterocycles. The predicted octanol–water partition coefficient (Wildman–Crippen LogP) is 4.18. The highest BCUT2D eigenvalue weighted by Gasteiger charge is 2.51. The summed E-state index contributed by atoms with van der Waals surface area (Å²) in [5.74, 6) is -0.289. The first kappa shape index (κ1) is 23.0. The first-order chi connectivity index (χ1) is 16.2. The third-order valence-corrected chi connectivity index (χ3v) is 9.05. The van der Waals surface area contributed by atoms with Crippen molar-refractivity contribution in [1.29, 1.82) is 0 Å². The Bertz CT molecular complexity index is 1330. The minimum absolute atomic E-state index is 0.154. The summed E-state index contributed by atoms with van der Waals surface area (Å²) >= 11 is 0. The number of nitrogens with one attached hydrogen (secondary N) is 1. The van der Waals surface area contributed by atoms with E-state index < -0.39 is 15.4 Å². The fraction of sp³-hybridized carbons (Fsp3) is 0.346. The molecule has 0 bridgehead atoms. The van der Waals surface area contributed by atoms with Crippen molar-refractivity contribution < 1.29 is 12.8 Å². The Morgan fingerprint density at radius 2 is 1.82 bits per heavy atom. The second-order valence-electron chi connectivity index (χ2n) is 9.63. The lowest BCUT2D eigenvalue weighted by Crippen LogP contribution is -2.54. The molecular weight excluding hydrogens is 451 g/mol. The summed E-state index contributed by atoms with van der Waals surface area (Å²) in [6, 6.07) is 13.4. The van der Waals surface area contributed by atoms with Gasteiger partial charge in [-0.25, -0.2) is 12.8 Å². The minimum Gasteiger partial charge on any atom is -0.301 e. The standard InChI is InChI=1S/C26H29FN4O2S/c1-18-4-10-23(11-5-18)34(32,33)31-13-12-21-14-24-20(16-28-29-24)15-26(21,17-31)25(30(2)3)19-6-8-22(27)9-7-19/h4-11,14,16,25H,12-13,15,17H2,1-3H3,(H,28,29)/t25?,26-/m1/s1. The van der Waals surface area contributed by atoms with Crippen LogP contribution in [0.5, 0.6) is 0 Å². The molecule has 5 rings (SSSR count). The van der Waals surface area contributed by atoms with Gasteiger partial charge in [-0.05, 0) is 75.3 Å². The molecule has 2 aromatic carbocycles. The lowest BCUT2D eigenvalue weighted by atomic mass is 9.62. The Hall–Kier alpha value is -2.81. The van der Waals surface area contributed by atoms with E-state index in [1.54, 1.807) is 16.4 Å². The van der Waals surface area contributed by atoms with Gasteiger partial charge in [0.2, 0.25) is 10.0 Å². The van der Waals surface area contributed by atoms with Gasteiger partial charge >= 0.3 is 0 Å². The smallest absolute Gasteiger partial charge is 0.243 e. The number of hydrogen-bond acceptors (Lipinski definition) is 4. The molecule has 1 aliphatic carbocycles. The average Bonchev–Trinajstić information content (AvgIpc) is 3.25. The van der Waals surface area contributed by atoms with Gasteiger partial charge < -0.3 is 4.90 Å². The molecule has 1 N–H and O–H groups in total. The molecule has 8 heteroatoms. The van der Waals surface area contributed by atoms with Crippen molar-refractivity contribution in [2.24, 2.45) is 5.41 Å². The van der Waals surface area contributed by atoms with E-state index in [0.717, 1.165) is 22.4 Å². The number of sulfonamides is 1. The molecule has 0 amide bonds. The molecule has 1 unspecified atom stereocenters. The second-order valence-corrected chi connectivity index (χ2v) is 11.6. The number of rotatable bonds is 5. The summed E-state index contributed by atoms with van der Waals surface area (Å²) in [4.78, 5) is 2.43. The molecule has 2 aliphatic rings. The van der Waals surface area contributed by atoms with E-state index in [0.29, 0.717) is 30.8 Å². The number of hydrogen-bond donors (Lipinski definition) is 1. The molecule has 2 atom stereocenters. The minimum atomic E-state index is -3.68. The molecule has 1 saturated heterocycles. The Morgan fingerprint density at radius 1 is 1.12 bits per heavy atom. The SMILES string of the molecule is Cc1ccc(S(=O)(=O)N2CCC3=Cc4[nH]ncc4C[C@@]3(C(c3ccc(F)cc3)N(C)C)C2)cc1. The van der Waals surface area contributed by atoms with E-state index in [9.17, 15) is 12.8 Å². The molecule has 1 fully saturated rings. The first-order valence-electron chi connectivity index (χ1n) is 11.4. The van der Waals surface area contributed by atoms with E-state index in [2.05, 4.69) is 21.2 Å². The van der Waals surface area contributed by atoms with Crippen LogP contribution < -0.4 is 0 Å². The Labute approximate surface area is 200 Å². The van der Waals surface area contributed by atoms with E-state index in [4.69, 9.17) is 0 Å². The van der Waals surface area contributed by atoms with Crippen LogP contribution in [-0.4, -0.2) is 55.0 Å². The van der Waals surface area contributed by atoms with Gasteiger partial charge in [-0.2, -0.15) is 9.40 Å². The van der Waals surface area contributed by atoms with Gasteiger partial charge in [0.05, 0.1) is 16.8 Å². The molecule has 2 heterocycles. The van der Waals surface area contributed by atoms with Crippen LogP contribution in [0, 0.1) is 18.2 Å². The number of nitrogens with zero attached hydrogens (tertiary/aromatic N) is 3. The van der Waals surface area contributed by atoms with E-state index in [1.165, 1.54) is 17.7 Å². The van der Waals surface area contributed by atoms with Gasteiger partial charge in [-0.3, -0.25) is 5.10 Å². The van der Waals surface area contributed by atoms with Crippen molar-refractivity contribution in [2.45, 2.75) is 30.7 Å². The summed E-state index contributed by atoms with van der Waals surface area (Å²) in [6.45, 7) is 2.69. The zero-order valence-electron chi connectivity index (χ0n) is 19.6. The van der Waals surface area contributed by atoms with Gasteiger partial charge in [-0.15, -0.1) is 0 Å². The number of piperidine rings is 1. The molecular formula is C26H29FN4O2S. The van der Waals surface area contributed by atoms with Crippen molar-refractivity contribution in [3.63, 3.8) is 0 Å². The molecule has 0 saturated carbocycles. The number of halogens is 1. The third-order valence-electron chi connectivity index (χ3n) is 7.19. The number of aryl methyl sites for hydroxylation is 1. The fourth-order valence-electron chi connectivity index (χ4n) is 5.66. The van der Waals surface area contributed by atoms with Crippen LogP contribution in [0.25, 0.3) is 6.08 Å². The Balaban J connectivity index is 1.63. The largest absolute Gasteiger partial charge is 0.301 e. The quantitative estimate of drug-likeness (QED) is 0.595. The predicted molar refractivity (Wildman–Crippen MR) is 130 cm³/mol. The van der Waals surface area contributed by atoms with Crippen LogP contribution >= 0.6 is 0 Å². The second kappa shape index (κ2) is 8.45. The maximum atomic E-state index is 13.8. The van der Waals surface area contributed by atoms with Crippen molar-refractivity contribution in [1.82, 2.24) is 19.4 Å². The van der Waals surface area contributed by atoms with Crippen LogP contribution in [0.3, 0.4) is 0 Å². The number of benzene rings is 2. The highest BCUT2D eigenvalue weighted by Crippen LogP contribution is 2.53. The van der Waals surface area contributed by atoms with Crippen LogP contribution in [0.15, 0.2) is 65.2 Å². The number of aromatic nitrogens is 2. The van der Waals surface area contributed by atoms with E-state index in [1.807, 2.05) is 51.5 Å². The van der Waals surface area contributed by atoms with Gasteiger partial charge in [0, 0.05) is 24.5 Å².